The highest BCUT2D eigenvalue weighted by Crippen LogP contribution is 2.22. The van der Waals surface area contributed by atoms with Crippen molar-refractivity contribution >= 4 is 0 Å². The third-order valence-corrected chi connectivity index (χ3v) is 4.17. The van der Waals surface area contributed by atoms with Gasteiger partial charge in [-0.3, -0.25) is 0 Å². The van der Waals surface area contributed by atoms with Crippen LogP contribution >= 0.6 is 0 Å². The molecule has 3 heteroatoms. The van der Waals surface area contributed by atoms with Gasteiger partial charge in [0.2, 0.25) is 0 Å². The Kier molecular flexibility index (Phi) is 6.46. The second kappa shape index (κ2) is 8.13. The minimum absolute atomic E-state index is 0.479. The summed E-state index contributed by atoms with van der Waals surface area (Å²) in [4.78, 5) is 0. The minimum Gasteiger partial charge on any atom is -0.378 e. The zero-order chi connectivity index (χ0) is 12.6. The Labute approximate surface area is 112 Å². The van der Waals surface area contributed by atoms with E-state index in [9.17, 15) is 0 Å². The van der Waals surface area contributed by atoms with Gasteiger partial charge in [0.05, 0.1) is 12.2 Å². The highest BCUT2D eigenvalue weighted by molar-refractivity contribution is 4.77. The van der Waals surface area contributed by atoms with Gasteiger partial charge < -0.3 is 14.8 Å². The Hall–Kier alpha value is -0.120. The molecule has 1 heterocycles. The van der Waals surface area contributed by atoms with E-state index in [1.54, 1.807) is 0 Å². The Morgan fingerprint density at radius 1 is 1.17 bits per heavy atom. The van der Waals surface area contributed by atoms with Crippen LogP contribution in [0.3, 0.4) is 0 Å². The number of ether oxygens (including phenoxy) is 2. The van der Waals surface area contributed by atoms with Crippen LogP contribution in [0.15, 0.2) is 0 Å². The van der Waals surface area contributed by atoms with Crippen molar-refractivity contribution in [2.24, 2.45) is 0 Å². The zero-order valence-corrected chi connectivity index (χ0v) is 11.8. The number of nitrogens with one attached hydrogen (secondary N) is 1. The third-order valence-electron chi connectivity index (χ3n) is 4.17. The van der Waals surface area contributed by atoms with Crippen molar-refractivity contribution in [1.82, 2.24) is 5.32 Å². The van der Waals surface area contributed by atoms with Crippen molar-refractivity contribution in [3.05, 3.63) is 0 Å². The first-order valence-electron chi connectivity index (χ1n) is 7.85. The second-order valence-electron chi connectivity index (χ2n) is 5.72. The van der Waals surface area contributed by atoms with E-state index in [1.807, 2.05) is 0 Å². The van der Waals surface area contributed by atoms with E-state index in [-0.39, 0.29) is 0 Å². The van der Waals surface area contributed by atoms with Crippen molar-refractivity contribution < 1.29 is 9.47 Å². The van der Waals surface area contributed by atoms with E-state index in [0.29, 0.717) is 12.2 Å². The van der Waals surface area contributed by atoms with E-state index in [4.69, 9.17) is 9.47 Å². The Morgan fingerprint density at radius 2 is 2.00 bits per heavy atom. The standard InChI is InChI=1S/C15H29NO2/c1-2-10-16-13-5-7-15(8-6-13)18-12-9-14-4-3-11-17-14/h13-16H,2-12H2,1H3. The van der Waals surface area contributed by atoms with Crippen LogP contribution in [0.25, 0.3) is 0 Å². The molecule has 0 radical (unpaired) electrons. The molecule has 2 aliphatic rings. The van der Waals surface area contributed by atoms with Gasteiger partial charge in [-0.1, -0.05) is 6.92 Å². The first-order valence-corrected chi connectivity index (χ1v) is 7.85. The fourth-order valence-corrected chi connectivity index (χ4v) is 3.02. The van der Waals surface area contributed by atoms with Crippen molar-refractivity contribution in [3.8, 4) is 0 Å². The Balaban J connectivity index is 1.50. The van der Waals surface area contributed by atoms with E-state index in [1.165, 1.54) is 44.9 Å². The maximum absolute atomic E-state index is 5.99. The van der Waals surface area contributed by atoms with Crippen molar-refractivity contribution in [2.45, 2.75) is 76.5 Å². The molecule has 0 amide bonds. The Bertz CT molecular complexity index is 209. The van der Waals surface area contributed by atoms with Gasteiger partial charge in [0, 0.05) is 19.3 Å². The highest BCUT2D eigenvalue weighted by atomic mass is 16.5. The molecule has 2 rings (SSSR count). The van der Waals surface area contributed by atoms with Crippen LogP contribution in [-0.2, 0) is 9.47 Å². The first kappa shape index (κ1) is 14.3. The number of hydrogen-bond acceptors (Lipinski definition) is 3. The fourth-order valence-electron chi connectivity index (χ4n) is 3.02. The molecule has 1 unspecified atom stereocenters. The van der Waals surface area contributed by atoms with E-state index in [2.05, 4.69) is 12.2 Å². The van der Waals surface area contributed by atoms with Crippen LogP contribution in [-0.4, -0.2) is 38.0 Å². The van der Waals surface area contributed by atoms with Crippen molar-refractivity contribution in [3.63, 3.8) is 0 Å². The summed E-state index contributed by atoms with van der Waals surface area (Å²) in [5, 5.41) is 3.62. The predicted molar refractivity (Wildman–Crippen MR) is 73.9 cm³/mol. The molecule has 1 aliphatic heterocycles. The summed E-state index contributed by atoms with van der Waals surface area (Å²) < 4.78 is 11.6. The molecule has 0 aromatic rings. The topological polar surface area (TPSA) is 30.5 Å². The molecule has 1 saturated heterocycles. The SMILES string of the molecule is CCCNC1CCC(OCCC2CCCO2)CC1. The molecule has 0 aromatic carbocycles. The van der Waals surface area contributed by atoms with Gasteiger partial charge in [0.1, 0.15) is 0 Å². The molecule has 1 N–H and O–H groups in total. The van der Waals surface area contributed by atoms with Gasteiger partial charge in [-0.25, -0.2) is 0 Å². The molecule has 1 atom stereocenters. The molecule has 0 bridgehead atoms. The Morgan fingerprint density at radius 3 is 2.67 bits per heavy atom. The molecule has 0 aromatic heterocycles. The monoisotopic (exact) mass is 255 g/mol. The van der Waals surface area contributed by atoms with Crippen LogP contribution in [0.5, 0.6) is 0 Å². The van der Waals surface area contributed by atoms with Gasteiger partial charge in [0.15, 0.2) is 0 Å². The maximum atomic E-state index is 5.99. The quantitative estimate of drug-likeness (QED) is 0.759. The van der Waals surface area contributed by atoms with E-state index >= 15 is 0 Å². The minimum atomic E-state index is 0.479. The summed E-state index contributed by atoms with van der Waals surface area (Å²) in [7, 11) is 0. The van der Waals surface area contributed by atoms with Gasteiger partial charge in [-0.2, -0.15) is 0 Å². The smallest absolute Gasteiger partial charge is 0.0597 e. The third kappa shape index (κ3) is 4.87. The van der Waals surface area contributed by atoms with Crippen molar-refractivity contribution in [2.75, 3.05) is 19.8 Å². The molecule has 2 fully saturated rings. The lowest BCUT2D eigenvalue weighted by molar-refractivity contribution is -0.000256. The van der Waals surface area contributed by atoms with E-state index < -0.39 is 0 Å². The van der Waals surface area contributed by atoms with Crippen molar-refractivity contribution in [1.29, 1.82) is 0 Å². The normalized spacial score (nSPS) is 32.8. The summed E-state index contributed by atoms with van der Waals surface area (Å²) in [5.74, 6) is 0. The summed E-state index contributed by atoms with van der Waals surface area (Å²) in [6.45, 7) is 5.24. The average molecular weight is 255 g/mol. The van der Waals surface area contributed by atoms with Crippen LogP contribution in [0.2, 0.25) is 0 Å². The van der Waals surface area contributed by atoms with E-state index in [0.717, 1.165) is 32.2 Å². The lowest BCUT2D eigenvalue weighted by atomic mass is 9.93. The molecule has 1 aliphatic carbocycles. The van der Waals surface area contributed by atoms with Crippen LogP contribution in [0, 0.1) is 0 Å². The number of hydrogen-bond donors (Lipinski definition) is 1. The predicted octanol–water partition coefficient (Wildman–Crippen LogP) is 2.88. The summed E-state index contributed by atoms with van der Waals surface area (Å²) in [5.41, 5.74) is 0. The van der Waals surface area contributed by atoms with Crippen LogP contribution in [0.1, 0.15) is 58.3 Å². The molecule has 1 saturated carbocycles. The second-order valence-corrected chi connectivity index (χ2v) is 5.72. The lowest BCUT2D eigenvalue weighted by Crippen LogP contribution is -2.35. The largest absolute Gasteiger partial charge is 0.378 e. The van der Waals surface area contributed by atoms with Gasteiger partial charge >= 0.3 is 0 Å². The zero-order valence-electron chi connectivity index (χ0n) is 11.8. The van der Waals surface area contributed by atoms with Gasteiger partial charge in [-0.15, -0.1) is 0 Å². The molecule has 18 heavy (non-hydrogen) atoms. The maximum Gasteiger partial charge on any atom is 0.0597 e. The van der Waals surface area contributed by atoms with Crippen LogP contribution < -0.4 is 5.32 Å². The number of rotatable bonds is 7. The lowest BCUT2D eigenvalue weighted by Gasteiger charge is -2.29. The molecule has 0 spiro atoms. The summed E-state index contributed by atoms with van der Waals surface area (Å²) in [6.07, 6.45) is 10.8. The van der Waals surface area contributed by atoms with Crippen LogP contribution in [0.4, 0.5) is 0 Å². The van der Waals surface area contributed by atoms with Gasteiger partial charge in [0.25, 0.3) is 0 Å². The highest BCUT2D eigenvalue weighted by Gasteiger charge is 2.22. The fraction of sp³-hybridized carbons (Fsp3) is 1.00. The summed E-state index contributed by atoms with van der Waals surface area (Å²) >= 11 is 0. The average Bonchev–Trinajstić information content (AvgIpc) is 2.91. The molecular formula is C15H29NO2. The first-order chi connectivity index (χ1) is 8.88. The molecule has 106 valence electrons. The molecule has 3 nitrogen and oxygen atoms in total. The van der Waals surface area contributed by atoms with Gasteiger partial charge in [-0.05, 0) is 57.9 Å². The molecular weight excluding hydrogens is 226 g/mol. The summed E-state index contributed by atoms with van der Waals surface area (Å²) in [6, 6.07) is 0.739.